The van der Waals surface area contributed by atoms with Gasteiger partial charge in [-0.15, -0.1) is 0 Å². The second kappa shape index (κ2) is 21.5. The maximum Gasteiger partial charge on any atom is 0.416 e. The van der Waals surface area contributed by atoms with Gasteiger partial charge in [0.25, 0.3) is 0 Å². The van der Waals surface area contributed by atoms with Crippen LogP contribution in [0.2, 0.25) is 0 Å². The van der Waals surface area contributed by atoms with E-state index in [2.05, 4.69) is 0 Å². The molecule has 0 saturated heterocycles. The number of hydrogen-bond acceptors (Lipinski definition) is 2. The molecule has 0 aliphatic carbocycles. The van der Waals surface area contributed by atoms with Crippen LogP contribution in [0.1, 0.15) is 54.9 Å². The second-order valence-electron chi connectivity index (χ2n) is 17.1. The van der Waals surface area contributed by atoms with Crippen LogP contribution in [0.25, 0.3) is 10.9 Å². The van der Waals surface area contributed by atoms with Crippen LogP contribution in [0, 0.1) is 0 Å². The third-order valence-corrected chi connectivity index (χ3v) is 12.0. The van der Waals surface area contributed by atoms with Crippen molar-refractivity contribution in [2.24, 2.45) is 0 Å². The molecule has 0 amide bonds. The minimum absolute atomic E-state index is 0.0291. The SMILES string of the molecule is FC(F)(F)c1cc([B-](c2cc(C(F)(F)F)cc(C(F)(F)F)c2)(c2cc(C(F)(F)F)cc(C(F)(F)F)c2)c2cc(C(F)(F)F)cc(C(F)(F)F)c2)cc(C(F)(F)F)c1.O=C(C[n+]1c(OCCl)ccc2ccccc21)c1ccccc1. The van der Waals surface area contributed by atoms with Crippen molar-refractivity contribution in [3.05, 3.63) is 190 Å². The fraction of sp³-hybridized carbons (Fsp3) is 0.200. The van der Waals surface area contributed by atoms with Crippen LogP contribution >= 0.6 is 11.6 Å². The molecular formula is C50H27BClF24NO2. The number of carbonyl (C=O) groups excluding carboxylic acids is 1. The van der Waals surface area contributed by atoms with Crippen LogP contribution in [0.3, 0.4) is 0 Å². The number of carbonyl (C=O) groups is 1. The Bertz CT molecular complexity index is 2920. The van der Waals surface area contributed by atoms with E-state index >= 15 is 0 Å². The number of hydrogen-bond donors (Lipinski definition) is 0. The molecule has 0 bridgehead atoms. The normalized spacial score (nSPS) is 13.3. The Morgan fingerprint density at radius 1 is 0.380 bits per heavy atom. The van der Waals surface area contributed by atoms with Crippen LogP contribution in [-0.2, 0) is 56.0 Å². The molecule has 6 aromatic carbocycles. The molecule has 0 N–H and O–H groups in total. The summed E-state index contributed by atoms with van der Waals surface area (Å²) in [5.41, 5.74) is -28.6. The number of benzene rings is 6. The molecule has 0 atom stereocenters. The van der Waals surface area contributed by atoms with Gasteiger partial charge >= 0.3 is 55.3 Å². The molecule has 3 nitrogen and oxygen atoms in total. The van der Waals surface area contributed by atoms with Crippen molar-refractivity contribution in [1.29, 1.82) is 0 Å². The number of fused-ring (bicyclic) bond motifs is 1. The summed E-state index contributed by atoms with van der Waals surface area (Å²) in [5, 5.41) is 1.05. The third kappa shape index (κ3) is 13.8. The lowest BCUT2D eigenvalue weighted by atomic mass is 9.12. The molecule has 29 heteroatoms. The smallest absolute Gasteiger partial charge is 0.416 e. The highest BCUT2D eigenvalue weighted by atomic mass is 35.5. The average Bonchev–Trinajstić information content (AvgIpc) is 3.55. The van der Waals surface area contributed by atoms with Gasteiger partial charge < -0.3 is 4.74 Å². The number of alkyl halides is 25. The van der Waals surface area contributed by atoms with E-state index in [1.54, 1.807) is 0 Å². The van der Waals surface area contributed by atoms with Crippen LogP contribution in [-0.4, -0.2) is 18.0 Å². The van der Waals surface area contributed by atoms with Gasteiger partial charge in [-0.1, -0.05) is 103 Å². The standard InChI is InChI=1S/C32H12BF24.C18H15ClNO2/c34-25(35,36)13-1-14(26(37,38)39)6-21(5-13)33(22-7-15(27(40,41)42)2-16(8-22)28(43,44)45,23-9-17(29(46,47)48)3-18(10-23)30(49,50)51)24-11-19(31(52,53)54)4-20(12-24)32(55,56)57;19-13-22-18-11-10-14-6-4-5-9-16(14)20(18)12-17(21)15-7-2-1-3-8-15/h1-12H;1-11H,12-13H2/q-1;+1. The molecule has 0 unspecified atom stereocenters. The van der Waals surface area contributed by atoms with E-state index in [4.69, 9.17) is 16.3 Å². The molecule has 0 fully saturated rings. The Balaban J connectivity index is 0.000000378. The molecular weight excluding hydrogens is 1150 g/mol. The average molecular weight is 1180 g/mol. The fourth-order valence-electron chi connectivity index (χ4n) is 8.52. The molecule has 0 aliphatic heterocycles. The lowest BCUT2D eigenvalue weighted by Gasteiger charge is -2.46. The minimum atomic E-state index is -6.13. The molecule has 1 heterocycles. The van der Waals surface area contributed by atoms with Crippen LogP contribution in [0.4, 0.5) is 105 Å². The first-order valence-electron chi connectivity index (χ1n) is 21.6. The van der Waals surface area contributed by atoms with Crippen LogP contribution in [0.15, 0.2) is 140 Å². The number of Topliss-reactive ketones (excluding diaryl/α,β-unsaturated/α-hetero) is 1. The van der Waals surface area contributed by atoms with Crippen molar-refractivity contribution < 1.29 is 119 Å². The molecule has 1 aromatic heterocycles. The van der Waals surface area contributed by atoms with Gasteiger partial charge in [-0.2, -0.15) is 132 Å². The Labute approximate surface area is 432 Å². The third-order valence-electron chi connectivity index (χ3n) is 11.9. The number of pyridine rings is 1. The number of ketones is 1. The van der Waals surface area contributed by atoms with Crippen molar-refractivity contribution in [2.75, 3.05) is 6.07 Å². The van der Waals surface area contributed by atoms with Gasteiger partial charge in [-0.25, -0.2) is 0 Å². The van der Waals surface area contributed by atoms with Crippen molar-refractivity contribution in [3.8, 4) is 5.88 Å². The first-order valence-corrected chi connectivity index (χ1v) is 22.1. The van der Waals surface area contributed by atoms with Gasteiger partial charge in [-0.05, 0) is 36.4 Å². The first kappa shape index (κ1) is 61.1. The van der Waals surface area contributed by atoms with E-state index in [9.17, 15) is 110 Å². The molecule has 0 aliphatic rings. The van der Waals surface area contributed by atoms with Crippen molar-refractivity contribution in [1.82, 2.24) is 0 Å². The van der Waals surface area contributed by atoms with E-state index in [1.807, 2.05) is 71.3 Å². The van der Waals surface area contributed by atoms with E-state index < -0.39 is 195 Å². The number of aromatic nitrogens is 1. The predicted octanol–water partition coefficient (Wildman–Crippen LogP) is 14.8. The van der Waals surface area contributed by atoms with E-state index in [1.165, 1.54) is 0 Å². The Hall–Kier alpha value is -7.13. The maximum atomic E-state index is 14.2. The van der Waals surface area contributed by atoms with E-state index in [0.29, 0.717) is 11.4 Å². The van der Waals surface area contributed by atoms with Gasteiger partial charge in [0.05, 0.1) is 50.6 Å². The zero-order valence-electron chi connectivity index (χ0n) is 38.5. The number of halogens is 25. The summed E-state index contributed by atoms with van der Waals surface area (Å²) in [7, 11) is 0. The molecule has 7 aromatic rings. The molecule has 79 heavy (non-hydrogen) atoms. The zero-order valence-corrected chi connectivity index (χ0v) is 39.2. The van der Waals surface area contributed by atoms with Crippen LogP contribution < -0.4 is 31.2 Å². The predicted molar refractivity (Wildman–Crippen MR) is 236 cm³/mol. The van der Waals surface area contributed by atoms with E-state index in [-0.39, 0.29) is 18.4 Å². The summed E-state index contributed by atoms with van der Waals surface area (Å²) < 4.78 is 348. The number of ether oxygens (including phenoxy) is 1. The zero-order chi connectivity index (χ0) is 59.3. The highest BCUT2D eigenvalue weighted by molar-refractivity contribution is 7.20. The molecule has 0 saturated carbocycles. The molecule has 422 valence electrons. The summed E-state index contributed by atoms with van der Waals surface area (Å²) in [4.78, 5) is 12.5. The first-order chi connectivity index (χ1) is 36.1. The lowest BCUT2D eigenvalue weighted by molar-refractivity contribution is -0.662. The quantitative estimate of drug-likeness (QED) is 0.0474. The summed E-state index contributed by atoms with van der Waals surface area (Å²) in [6, 6.07) is 12.1. The fourth-order valence-corrected chi connectivity index (χ4v) is 8.63. The van der Waals surface area contributed by atoms with Crippen molar-refractivity contribution in [3.63, 3.8) is 0 Å². The minimum Gasteiger partial charge on any atom is -0.428 e. The van der Waals surface area contributed by atoms with Crippen molar-refractivity contribution >= 4 is 56.3 Å². The van der Waals surface area contributed by atoms with Gasteiger partial charge in [0.15, 0.2) is 6.07 Å². The van der Waals surface area contributed by atoms with Gasteiger partial charge in [0.1, 0.15) is 6.15 Å². The van der Waals surface area contributed by atoms with E-state index in [0.717, 1.165) is 10.9 Å². The summed E-state index contributed by atoms with van der Waals surface area (Å²) in [5.74, 6) is 0.611. The van der Waals surface area contributed by atoms with Crippen LogP contribution in [0.5, 0.6) is 5.88 Å². The topological polar surface area (TPSA) is 30.2 Å². The Morgan fingerprint density at radius 2 is 0.658 bits per heavy atom. The lowest BCUT2D eigenvalue weighted by Crippen LogP contribution is -2.75. The molecule has 7 rings (SSSR count). The van der Waals surface area contributed by atoms with Gasteiger partial charge in [0, 0.05) is 17.0 Å². The summed E-state index contributed by atoms with van der Waals surface area (Å²) in [6.07, 6.45) is -54.8. The second-order valence-corrected chi connectivity index (χ2v) is 17.3. The van der Waals surface area contributed by atoms with Gasteiger partial charge in [-0.3, -0.25) is 4.79 Å². The molecule has 0 spiro atoms. The maximum absolute atomic E-state index is 14.2. The summed E-state index contributed by atoms with van der Waals surface area (Å²) in [6.45, 7) is 0.206. The largest absolute Gasteiger partial charge is 0.428 e. The van der Waals surface area contributed by atoms with Gasteiger partial charge in [0.2, 0.25) is 17.8 Å². The molecule has 0 radical (unpaired) electrons. The monoisotopic (exact) mass is 1180 g/mol. The number of nitrogens with zero attached hydrogens (tertiary/aromatic N) is 1. The number of para-hydroxylation sites is 1. The number of rotatable bonds is 9. The Morgan fingerprint density at radius 3 is 0.937 bits per heavy atom. The summed E-state index contributed by atoms with van der Waals surface area (Å²) >= 11 is 5.69. The highest BCUT2D eigenvalue weighted by Gasteiger charge is 2.47. The van der Waals surface area contributed by atoms with Crippen molar-refractivity contribution in [2.45, 2.75) is 56.0 Å². The highest BCUT2D eigenvalue weighted by Crippen LogP contribution is 2.41. The Kier molecular flexibility index (Phi) is 16.6.